The molecular weight excluding hydrogens is 226 g/mol. The van der Waals surface area contributed by atoms with Gasteiger partial charge in [-0.15, -0.1) is 0 Å². The van der Waals surface area contributed by atoms with Crippen molar-refractivity contribution in [2.75, 3.05) is 18.4 Å². The summed E-state index contributed by atoms with van der Waals surface area (Å²) in [6.07, 6.45) is 0. The summed E-state index contributed by atoms with van der Waals surface area (Å²) in [5.41, 5.74) is 10.9. The van der Waals surface area contributed by atoms with Crippen LogP contribution in [0.2, 0.25) is 0 Å². The third-order valence-electron chi connectivity index (χ3n) is 1.73. The number of aromatic nitrogens is 1. The van der Waals surface area contributed by atoms with Gasteiger partial charge in [0.15, 0.2) is 0 Å². The van der Waals surface area contributed by atoms with E-state index in [9.17, 15) is 4.79 Å². The number of carbonyl (C=O) groups excluding carboxylic acids is 1. The monoisotopic (exact) mass is 239 g/mol. The summed E-state index contributed by atoms with van der Waals surface area (Å²) in [5, 5.41) is 5.45. The maximum Gasteiger partial charge on any atom is 0.312 e. The molecule has 0 saturated carbocycles. The molecular formula is C9H13N5OS. The highest BCUT2D eigenvalue weighted by molar-refractivity contribution is 7.80. The number of anilines is 1. The zero-order valence-corrected chi connectivity index (χ0v) is 9.38. The molecule has 0 aliphatic rings. The summed E-state index contributed by atoms with van der Waals surface area (Å²) >= 11 is 4.81. The molecule has 6 N–H and O–H groups in total. The fourth-order valence-electron chi connectivity index (χ4n) is 1.05. The van der Waals surface area contributed by atoms with Crippen LogP contribution in [-0.4, -0.2) is 29.1 Å². The number of urea groups is 1. The van der Waals surface area contributed by atoms with Crippen LogP contribution in [0.5, 0.6) is 0 Å². The first-order valence-corrected chi connectivity index (χ1v) is 5.04. The minimum absolute atomic E-state index is 0.249. The number of hydrogen-bond acceptors (Lipinski definition) is 4. The number of rotatable bonds is 5. The van der Waals surface area contributed by atoms with Crippen molar-refractivity contribution < 1.29 is 4.79 Å². The van der Waals surface area contributed by atoms with Gasteiger partial charge in [-0.25, -0.2) is 9.78 Å². The zero-order chi connectivity index (χ0) is 12.0. The van der Waals surface area contributed by atoms with Gasteiger partial charge in [0.2, 0.25) is 0 Å². The van der Waals surface area contributed by atoms with Crippen molar-refractivity contribution in [3.8, 4) is 0 Å². The van der Waals surface area contributed by atoms with Crippen molar-refractivity contribution in [1.82, 2.24) is 10.3 Å². The molecule has 0 aliphatic heterocycles. The first-order valence-electron chi connectivity index (χ1n) is 4.63. The van der Waals surface area contributed by atoms with Crippen molar-refractivity contribution in [3.63, 3.8) is 0 Å². The number of carbonyl (C=O) groups is 1. The molecule has 0 spiro atoms. The van der Waals surface area contributed by atoms with Crippen molar-refractivity contribution in [1.29, 1.82) is 0 Å². The van der Waals surface area contributed by atoms with Crippen LogP contribution in [0.25, 0.3) is 0 Å². The summed E-state index contributed by atoms with van der Waals surface area (Å²) < 4.78 is 0. The Kier molecular flexibility index (Phi) is 4.46. The molecule has 0 bridgehead atoms. The molecule has 1 heterocycles. The highest BCUT2D eigenvalue weighted by Crippen LogP contribution is 2.03. The molecule has 0 radical (unpaired) electrons. The van der Waals surface area contributed by atoms with E-state index in [1.54, 1.807) is 18.2 Å². The highest BCUT2D eigenvalue weighted by Gasteiger charge is 1.99. The maximum atomic E-state index is 10.4. The summed E-state index contributed by atoms with van der Waals surface area (Å²) in [6.45, 7) is 0.949. The number of pyridine rings is 1. The number of hydrogen-bond donors (Lipinski definition) is 4. The zero-order valence-electron chi connectivity index (χ0n) is 8.56. The fraction of sp³-hybridized carbons (Fsp3) is 0.222. The second-order valence-corrected chi connectivity index (χ2v) is 3.43. The van der Waals surface area contributed by atoms with Gasteiger partial charge in [0, 0.05) is 13.1 Å². The summed E-state index contributed by atoms with van der Waals surface area (Å²) in [4.78, 5) is 14.8. The fourth-order valence-corrected chi connectivity index (χ4v) is 1.16. The molecule has 1 rings (SSSR count). The second kappa shape index (κ2) is 5.86. The van der Waals surface area contributed by atoms with Gasteiger partial charge < -0.3 is 22.1 Å². The molecule has 1 aromatic rings. The van der Waals surface area contributed by atoms with Gasteiger partial charge >= 0.3 is 6.03 Å². The van der Waals surface area contributed by atoms with Gasteiger partial charge in [-0.3, -0.25) is 0 Å². The van der Waals surface area contributed by atoms with Crippen molar-refractivity contribution in [2.45, 2.75) is 0 Å². The Bertz CT molecular complexity index is 395. The lowest BCUT2D eigenvalue weighted by atomic mass is 10.3. The smallest absolute Gasteiger partial charge is 0.312 e. The molecule has 0 unspecified atom stereocenters. The van der Waals surface area contributed by atoms with E-state index in [2.05, 4.69) is 15.6 Å². The molecule has 2 amide bonds. The van der Waals surface area contributed by atoms with Crippen LogP contribution in [0.15, 0.2) is 18.2 Å². The normalized spacial score (nSPS) is 9.50. The molecule has 86 valence electrons. The lowest BCUT2D eigenvalue weighted by Gasteiger charge is -2.06. The quantitative estimate of drug-likeness (QED) is 0.420. The van der Waals surface area contributed by atoms with Crippen LogP contribution in [0.1, 0.15) is 5.69 Å². The van der Waals surface area contributed by atoms with Gasteiger partial charge in [-0.1, -0.05) is 18.3 Å². The SMILES string of the molecule is NC(=O)NCCNc1cccc(C(N)=S)n1. The van der Waals surface area contributed by atoms with E-state index >= 15 is 0 Å². The minimum Gasteiger partial charge on any atom is -0.388 e. The van der Waals surface area contributed by atoms with Crippen LogP contribution < -0.4 is 22.1 Å². The van der Waals surface area contributed by atoms with E-state index in [1.165, 1.54) is 0 Å². The molecule has 6 nitrogen and oxygen atoms in total. The molecule has 0 atom stereocenters. The number of nitrogens with two attached hydrogens (primary N) is 2. The van der Waals surface area contributed by atoms with Crippen molar-refractivity contribution >= 4 is 29.1 Å². The average Bonchev–Trinajstić information content (AvgIpc) is 2.24. The predicted molar refractivity (Wildman–Crippen MR) is 66.2 cm³/mol. The molecule has 0 aliphatic carbocycles. The second-order valence-electron chi connectivity index (χ2n) is 2.99. The Labute approximate surface area is 98.4 Å². The maximum absolute atomic E-state index is 10.4. The summed E-state index contributed by atoms with van der Waals surface area (Å²) in [5.74, 6) is 0.650. The third-order valence-corrected chi connectivity index (χ3v) is 1.94. The summed E-state index contributed by atoms with van der Waals surface area (Å²) in [7, 11) is 0. The van der Waals surface area contributed by atoms with E-state index in [-0.39, 0.29) is 4.99 Å². The van der Waals surface area contributed by atoms with Crippen LogP contribution >= 0.6 is 12.2 Å². The van der Waals surface area contributed by atoms with Crippen LogP contribution in [0.3, 0.4) is 0 Å². The highest BCUT2D eigenvalue weighted by atomic mass is 32.1. The Hall–Kier alpha value is -1.89. The lowest BCUT2D eigenvalue weighted by Crippen LogP contribution is -2.33. The van der Waals surface area contributed by atoms with E-state index in [1.807, 2.05) is 0 Å². The first-order chi connectivity index (χ1) is 7.59. The Morgan fingerprint density at radius 2 is 2.12 bits per heavy atom. The van der Waals surface area contributed by atoms with Gasteiger partial charge in [-0.05, 0) is 12.1 Å². The van der Waals surface area contributed by atoms with E-state index in [4.69, 9.17) is 23.7 Å². The third kappa shape index (κ3) is 4.09. The summed E-state index contributed by atoms with van der Waals surface area (Å²) in [6, 6.07) is 4.76. The molecule has 0 fully saturated rings. The van der Waals surface area contributed by atoms with Crippen LogP contribution in [-0.2, 0) is 0 Å². The lowest BCUT2D eigenvalue weighted by molar-refractivity contribution is 0.249. The van der Waals surface area contributed by atoms with Crippen LogP contribution in [0.4, 0.5) is 10.6 Å². The van der Waals surface area contributed by atoms with Crippen LogP contribution in [0, 0.1) is 0 Å². The molecule has 16 heavy (non-hydrogen) atoms. The molecule has 7 heteroatoms. The first kappa shape index (κ1) is 12.2. The van der Waals surface area contributed by atoms with Crippen molar-refractivity contribution in [2.24, 2.45) is 11.5 Å². The number of amides is 2. The minimum atomic E-state index is -0.549. The Morgan fingerprint density at radius 1 is 1.38 bits per heavy atom. The van der Waals surface area contributed by atoms with E-state index < -0.39 is 6.03 Å². The van der Waals surface area contributed by atoms with Gasteiger partial charge in [0.05, 0.1) is 5.69 Å². The number of nitrogens with zero attached hydrogens (tertiary/aromatic N) is 1. The molecule has 0 aromatic carbocycles. The van der Waals surface area contributed by atoms with Gasteiger partial charge in [0.1, 0.15) is 10.8 Å². The molecule has 0 saturated heterocycles. The average molecular weight is 239 g/mol. The largest absolute Gasteiger partial charge is 0.388 e. The number of primary amides is 1. The number of nitrogens with one attached hydrogen (secondary N) is 2. The Morgan fingerprint density at radius 3 is 2.75 bits per heavy atom. The number of thiocarbonyl (C=S) groups is 1. The standard InChI is InChI=1S/C9H13N5OS/c10-8(16)6-2-1-3-7(14-6)12-4-5-13-9(11)15/h1-3H,4-5H2,(H2,10,16)(H,12,14)(H3,11,13,15). The van der Waals surface area contributed by atoms with E-state index in [0.717, 1.165) is 0 Å². The van der Waals surface area contributed by atoms with Crippen molar-refractivity contribution in [3.05, 3.63) is 23.9 Å². The Balaban J connectivity index is 2.45. The predicted octanol–water partition coefficient (Wildman–Crippen LogP) is -0.204. The van der Waals surface area contributed by atoms with Gasteiger partial charge in [0.25, 0.3) is 0 Å². The van der Waals surface area contributed by atoms with Gasteiger partial charge in [-0.2, -0.15) is 0 Å². The molecule has 1 aromatic heterocycles. The topological polar surface area (TPSA) is 106 Å². The van der Waals surface area contributed by atoms with E-state index in [0.29, 0.717) is 24.6 Å².